The minimum atomic E-state index is -0.427. The van der Waals surface area contributed by atoms with E-state index in [-0.39, 0.29) is 18.3 Å². The van der Waals surface area contributed by atoms with Crippen molar-refractivity contribution in [1.29, 1.82) is 0 Å². The van der Waals surface area contributed by atoms with Crippen LogP contribution in [-0.2, 0) is 9.53 Å². The van der Waals surface area contributed by atoms with Crippen LogP contribution in [0.25, 0.3) is 11.1 Å². The number of hydrogen-bond donors (Lipinski definition) is 1. The standard InChI is InChI=1S/C19H18N2O3S3/c1-3-24-18(23)16-15(13-7-5-4-6-8-13)12(2)27-17(16)21-14(22)11-26-19-20-9-10-25-19/h4-10H,3,11H2,1-2H3,(H,21,22). The Balaban J connectivity index is 1.87. The maximum absolute atomic E-state index is 12.6. The van der Waals surface area contributed by atoms with E-state index in [1.54, 1.807) is 13.1 Å². The molecule has 3 rings (SSSR count). The Hall–Kier alpha value is -2.16. The van der Waals surface area contributed by atoms with Crippen molar-refractivity contribution in [3.8, 4) is 11.1 Å². The Morgan fingerprint density at radius 3 is 2.70 bits per heavy atom. The number of thioether (sulfide) groups is 1. The second kappa shape index (κ2) is 9.16. The van der Waals surface area contributed by atoms with Gasteiger partial charge in [-0.2, -0.15) is 0 Å². The zero-order chi connectivity index (χ0) is 19.2. The van der Waals surface area contributed by atoms with Crippen LogP contribution in [-0.4, -0.2) is 29.2 Å². The van der Waals surface area contributed by atoms with Gasteiger partial charge in [-0.3, -0.25) is 4.79 Å². The molecule has 0 saturated carbocycles. The van der Waals surface area contributed by atoms with Crippen molar-refractivity contribution in [1.82, 2.24) is 4.98 Å². The highest BCUT2D eigenvalue weighted by Gasteiger charge is 2.25. The number of aromatic nitrogens is 1. The highest BCUT2D eigenvalue weighted by molar-refractivity contribution is 8.01. The molecule has 0 saturated heterocycles. The number of thiazole rings is 1. The number of benzene rings is 1. The molecule has 0 unspecified atom stereocenters. The third kappa shape index (κ3) is 4.77. The molecule has 3 aromatic rings. The topological polar surface area (TPSA) is 68.3 Å². The molecule has 2 heterocycles. The maximum Gasteiger partial charge on any atom is 0.341 e. The average molecular weight is 419 g/mol. The number of carbonyl (C=O) groups is 2. The SMILES string of the molecule is CCOC(=O)c1c(NC(=O)CSc2nccs2)sc(C)c1-c1ccccc1. The lowest BCUT2D eigenvalue weighted by atomic mass is 10.0. The lowest BCUT2D eigenvalue weighted by Gasteiger charge is -2.09. The summed E-state index contributed by atoms with van der Waals surface area (Å²) in [5.74, 6) is -0.377. The number of hydrogen-bond acceptors (Lipinski definition) is 7. The van der Waals surface area contributed by atoms with Crippen molar-refractivity contribution < 1.29 is 14.3 Å². The molecule has 1 aromatic carbocycles. The summed E-state index contributed by atoms with van der Waals surface area (Å²) in [7, 11) is 0. The fraction of sp³-hybridized carbons (Fsp3) is 0.211. The molecule has 0 spiro atoms. The Morgan fingerprint density at radius 1 is 1.26 bits per heavy atom. The summed E-state index contributed by atoms with van der Waals surface area (Å²) in [6.07, 6.45) is 1.71. The first-order valence-electron chi connectivity index (χ1n) is 8.28. The van der Waals surface area contributed by atoms with E-state index >= 15 is 0 Å². The van der Waals surface area contributed by atoms with E-state index in [1.165, 1.54) is 34.4 Å². The van der Waals surface area contributed by atoms with Crippen molar-refractivity contribution in [2.45, 2.75) is 18.2 Å². The van der Waals surface area contributed by atoms with Crippen molar-refractivity contribution in [3.63, 3.8) is 0 Å². The number of ether oxygens (including phenoxy) is 1. The molecule has 140 valence electrons. The second-order valence-electron chi connectivity index (χ2n) is 5.46. The van der Waals surface area contributed by atoms with Gasteiger partial charge in [0.05, 0.1) is 12.4 Å². The minimum absolute atomic E-state index is 0.179. The number of nitrogens with one attached hydrogen (secondary N) is 1. The van der Waals surface area contributed by atoms with Gasteiger partial charge in [0, 0.05) is 22.0 Å². The summed E-state index contributed by atoms with van der Waals surface area (Å²) in [6, 6.07) is 9.66. The number of carbonyl (C=O) groups excluding carboxylic acids is 2. The van der Waals surface area contributed by atoms with Crippen LogP contribution in [0.1, 0.15) is 22.2 Å². The van der Waals surface area contributed by atoms with Crippen molar-refractivity contribution in [2.75, 3.05) is 17.7 Å². The van der Waals surface area contributed by atoms with Gasteiger partial charge in [0.1, 0.15) is 14.9 Å². The molecule has 2 aromatic heterocycles. The first-order chi connectivity index (χ1) is 13.1. The van der Waals surface area contributed by atoms with Gasteiger partial charge in [0.2, 0.25) is 5.91 Å². The molecule has 0 aliphatic heterocycles. The summed E-state index contributed by atoms with van der Waals surface area (Å²) in [6.45, 7) is 3.98. The fourth-order valence-electron chi connectivity index (χ4n) is 2.55. The quantitative estimate of drug-likeness (QED) is 0.428. The number of rotatable bonds is 7. The van der Waals surface area contributed by atoms with E-state index in [1.807, 2.05) is 42.6 Å². The van der Waals surface area contributed by atoms with Gasteiger partial charge in [0.15, 0.2) is 0 Å². The highest BCUT2D eigenvalue weighted by atomic mass is 32.2. The Labute approximate surface area is 169 Å². The average Bonchev–Trinajstić information content (AvgIpc) is 3.28. The maximum atomic E-state index is 12.6. The number of anilines is 1. The van der Waals surface area contributed by atoms with Gasteiger partial charge in [-0.25, -0.2) is 9.78 Å². The number of thiophene rings is 1. The summed E-state index contributed by atoms with van der Waals surface area (Å²) in [4.78, 5) is 30.1. The lowest BCUT2D eigenvalue weighted by Crippen LogP contribution is -2.16. The zero-order valence-corrected chi connectivity index (χ0v) is 17.3. The van der Waals surface area contributed by atoms with Crippen LogP contribution in [0.2, 0.25) is 0 Å². The molecule has 27 heavy (non-hydrogen) atoms. The molecule has 8 heteroatoms. The van der Waals surface area contributed by atoms with Crippen LogP contribution >= 0.6 is 34.4 Å². The molecule has 0 bridgehead atoms. The molecule has 0 atom stereocenters. The minimum Gasteiger partial charge on any atom is -0.462 e. The molecule has 0 aliphatic rings. The molecule has 0 aliphatic carbocycles. The fourth-order valence-corrected chi connectivity index (χ4v) is 5.07. The predicted molar refractivity (Wildman–Crippen MR) is 112 cm³/mol. The van der Waals surface area contributed by atoms with Crippen LogP contribution in [0.15, 0.2) is 46.2 Å². The summed E-state index contributed by atoms with van der Waals surface area (Å²) < 4.78 is 6.08. The monoisotopic (exact) mass is 418 g/mol. The number of aryl methyl sites for hydroxylation is 1. The largest absolute Gasteiger partial charge is 0.462 e. The third-order valence-electron chi connectivity index (χ3n) is 3.62. The molecular formula is C19H18N2O3S3. The first-order valence-corrected chi connectivity index (χ1v) is 11.0. The Morgan fingerprint density at radius 2 is 2.04 bits per heavy atom. The van der Waals surface area contributed by atoms with Crippen molar-refractivity contribution in [3.05, 3.63) is 52.3 Å². The van der Waals surface area contributed by atoms with Gasteiger partial charge < -0.3 is 10.1 Å². The third-order valence-corrected chi connectivity index (χ3v) is 6.60. The number of amides is 1. The molecular weight excluding hydrogens is 400 g/mol. The van der Waals surface area contributed by atoms with E-state index in [2.05, 4.69) is 10.3 Å². The van der Waals surface area contributed by atoms with E-state index in [0.717, 1.165) is 20.3 Å². The van der Waals surface area contributed by atoms with E-state index in [9.17, 15) is 9.59 Å². The van der Waals surface area contributed by atoms with E-state index in [4.69, 9.17) is 4.74 Å². The summed E-state index contributed by atoms with van der Waals surface area (Å²) >= 11 is 4.25. The number of esters is 1. The van der Waals surface area contributed by atoms with Crippen LogP contribution in [0, 0.1) is 6.92 Å². The zero-order valence-electron chi connectivity index (χ0n) is 14.9. The van der Waals surface area contributed by atoms with Gasteiger partial charge >= 0.3 is 5.97 Å². The van der Waals surface area contributed by atoms with Crippen molar-refractivity contribution >= 4 is 51.3 Å². The molecule has 0 fully saturated rings. The van der Waals surface area contributed by atoms with E-state index < -0.39 is 5.97 Å². The smallest absolute Gasteiger partial charge is 0.341 e. The molecule has 1 amide bonds. The second-order valence-corrected chi connectivity index (χ2v) is 8.80. The normalized spacial score (nSPS) is 10.6. The van der Waals surface area contributed by atoms with Crippen molar-refractivity contribution in [2.24, 2.45) is 0 Å². The van der Waals surface area contributed by atoms with Gasteiger partial charge in [-0.15, -0.1) is 22.7 Å². The van der Waals surface area contributed by atoms with Crippen LogP contribution < -0.4 is 5.32 Å². The highest BCUT2D eigenvalue weighted by Crippen LogP contribution is 2.40. The molecule has 5 nitrogen and oxygen atoms in total. The number of nitrogens with zero attached hydrogens (tertiary/aromatic N) is 1. The summed E-state index contributed by atoms with van der Waals surface area (Å²) in [5.41, 5.74) is 2.15. The van der Waals surface area contributed by atoms with E-state index in [0.29, 0.717) is 10.6 Å². The first kappa shape index (κ1) is 19.6. The Kier molecular flexibility index (Phi) is 6.65. The Bertz CT molecular complexity index is 921. The predicted octanol–water partition coefficient (Wildman–Crippen LogP) is 5.09. The van der Waals surface area contributed by atoms with Gasteiger partial charge in [-0.05, 0) is 19.4 Å². The summed E-state index contributed by atoms with van der Waals surface area (Å²) in [5, 5.41) is 5.27. The van der Waals surface area contributed by atoms with Crippen LogP contribution in [0.5, 0.6) is 0 Å². The lowest BCUT2D eigenvalue weighted by molar-refractivity contribution is -0.113. The van der Waals surface area contributed by atoms with Gasteiger partial charge in [-0.1, -0.05) is 42.1 Å². The van der Waals surface area contributed by atoms with Crippen LogP contribution in [0.4, 0.5) is 5.00 Å². The van der Waals surface area contributed by atoms with Crippen LogP contribution in [0.3, 0.4) is 0 Å². The molecule has 1 N–H and O–H groups in total. The molecule has 0 radical (unpaired) electrons. The van der Waals surface area contributed by atoms with Gasteiger partial charge in [0.25, 0.3) is 0 Å².